The van der Waals surface area contributed by atoms with Gasteiger partial charge in [0.05, 0.1) is 23.8 Å². The predicted octanol–water partition coefficient (Wildman–Crippen LogP) is 3.72. The van der Waals surface area contributed by atoms with Gasteiger partial charge in [0.1, 0.15) is 0 Å². The van der Waals surface area contributed by atoms with E-state index in [0.717, 1.165) is 74.6 Å². The molecule has 1 atom stereocenters. The van der Waals surface area contributed by atoms with Gasteiger partial charge in [-0.3, -0.25) is 4.99 Å². The molecule has 1 unspecified atom stereocenters. The molecule has 2 aliphatic heterocycles. The molecular weight excluding hydrogens is 417 g/mol. The predicted molar refractivity (Wildman–Crippen MR) is 111 cm³/mol. The van der Waals surface area contributed by atoms with E-state index in [1.165, 1.54) is 6.42 Å². The van der Waals surface area contributed by atoms with Crippen LogP contribution in [-0.4, -0.2) is 67.4 Å². The van der Waals surface area contributed by atoms with Crippen molar-refractivity contribution in [3.8, 4) is 0 Å². The van der Waals surface area contributed by atoms with Gasteiger partial charge >= 0.3 is 6.18 Å². The van der Waals surface area contributed by atoms with E-state index >= 15 is 0 Å². The smallest absolute Gasteiger partial charge is 0.376 e. The van der Waals surface area contributed by atoms with Crippen LogP contribution in [0, 0.1) is 0 Å². The first-order chi connectivity index (χ1) is 14.5. The Bertz CT molecular complexity index is 669. The first-order valence-corrected chi connectivity index (χ1v) is 11.6. The Morgan fingerprint density at radius 3 is 2.77 bits per heavy atom. The maximum Gasteiger partial charge on any atom is 0.434 e. The second-order valence-corrected chi connectivity index (χ2v) is 8.56. The van der Waals surface area contributed by atoms with Crippen LogP contribution in [0.15, 0.2) is 10.4 Å². The molecule has 0 bridgehead atoms. The molecule has 1 aromatic heterocycles. The number of aromatic nitrogens is 1. The number of nitrogens with one attached hydrogen (secondary N) is 1. The number of piperidine rings is 1. The van der Waals surface area contributed by atoms with Crippen LogP contribution >= 0.6 is 11.3 Å². The van der Waals surface area contributed by atoms with Crippen molar-refractivity contribution in [2.24, 2.45) is 4.99 Å². The van der Waals surface area contributed by atoms with Crippen molar-refractivity contribution < 1.29 is 22.6 Å². The fourth-order valence-corrected chi connectivity index (χ4v) is 4.45. The summed E-state index contributed by atoms with van der Waals surface area (Å²) >= 11 is 1.03. The van der Waals surface area contributed by atoms with Crippen LogP contribution < -0.4 is 5.32 Å². The molecule has 2 saturated heterocycles. The van der Waals surface area contributed by atoms with Crippen molar-refractivity contribution in [2.45, 2.75) is 63.8 Å². The molecule has 0 spiro atoms. The summed E-state index contributed by atoms with van der Waals surface area (Å²) in [5.41, 5.74) is -0.820. The minimum atomic E-state index is -4.39. The Kier molecular flexibility index (Phi) is 8.76. The average Bonchev–Trinajstić information content (AvgIpc) is 3.22. The number of aliphatic imine (C=N–C) groups is 1. The molecule has 1 N–H and O–H groups in total. The summed E-state index contributed by atoms with van der Waals surface area (Å²) in [7, 11) is 0. The lowest BCUT2D eigenvalue weighted by atomic mass is 10.1. The van der Waals surface area contributed by atoms with Crippen LogP contribution in [0.25, 0.3) is 0 Å². The zero-order valence-electron chi connectivity index (χ0n) is 17.4. The molecule has 0 aromatic carbocycles. The van der Waals surface area contributed by atoms with Crippen molar-refractivity contribution in [3.05, 3.63) is 16.1 Å². The maximum atomic E-state index is 12.7. The highest BCUT2D eigenvalue weighted by Crippen LogP contribution is 2.30. The van der Waals surface area contributed by atoms with E-state index in [1.807, 2.05) is 6.92 Å². The zero-order chi connectivity index (χ0) is 21.4. The number of alkyl halides is 3. The van der Waals surface area contributed by atoms with E-state index in [-0.39, 0.29) is 12.2 Å². The highest BCUT2D eigenvalue weighted by atomic mass is 32.1. The molecule has 0 aliphatic carbocycles. The van der Waals surface area contributed by atoms with Gasteiger partial charge in [0, 0.05) is 44.6 Å². The number of ether oxygens (including phenoxy) is 2. The standard InChI is InChI=1S/C20H31F3N4O2S/c1-2-24-19(25-9-6-18-26-17(14-30-18)20(21,22)23)27-10-7-15(8-11-27)29-13-16-5-3-4-12-28-16/h14-16H,2-13H2,1H3,(H,24,25). The van der Waals surface area contributed by atoms with Gasteiger partial charge in [0.15, 0.2) is 11.7 Å². The number of halogens is 3. The number of likely N-dealkylation sites (tertiary alicyclic amines) is 1. The molecule has 30 heavy (non-hydrogen) atoms. The summed E-state index contributed by atoms with van der Waals surface area (Å²) in [6.07, 6.45) is 1.79. The third kappa shape index (κ3) is 7.09. The lowest BCUT2D eigenvalue weighted by Gasteiger charge is -2.35. The minimum Gasteiger partial charge on any atom is -0.376 e. The van der Waals surface area contributed by atoms with E-state index in [9.17, 15) is 13.2 Å². The van der Waals surface area contributed by atoms with Gasteiger partial charge in [0.25, 0.3) is 0 Å². The Morgan fingerprint density at radius 2 is 2.13 bits per heavy atom. The number of thiazole rings is 1. The van der Waals surface area contributed by atoms with E-state index in [2.05, 4.69) is 20.2 Å². The molecule has 1 aromatic rings. The van der Waals surface area contributed by atoms with Crippen molar-refractivity contribution in [1.82, 2.24) is 15.2 Å². The topological polar surface area (TPSA) is 59.0 Å². The van der Waals surface area contributed by atoms with Gasteiger partial charge in [-0.2, -0.15) is 13.2 Å². The SMILES string of the molecule is CCNC(=NCCc1nc(C(F)(F)F)cs1)N1CCC(OCC2CCCCO2)CC1. The molecule has 2 fully saturated rings. The molecular formula is C20H31F3N4O2S. The summed E-state index contributed by atoms with van der Waals surface area (Å²) in [4.78, 5) is 10.5. The monoisotopic (exact) mass is 448 g/mol. The summed E-state index contributed by atoms with van der Waals surface area (Å²) in [6, 6.07) is 0. The Labute approximate surface area is 179 Å². The largest absolute Gasteiger partial charge is 0.434 e. The number of nitrogens with zero attached hydrogens (tertiary/aromatic N) is 3. The Morgan fingerprint density at radius 1 is 1.33 bits per heavy atom. The van der Waals surface area contributed by atoms with Crippen molar-refractivity contribution >= 4 is 17.3 Å². The second kappa shape index (κ2) is 11.3. The van der Waals surface area contributed by atoms with E-state index in [1.54, 1.807) is 0 Å². The van der Waals surface area contributed by atoms with Crippen LogP contribution in [0.3, 0.4) is 0 Å². The number of hydrogen-bond acceptors (Lipinski definition) is 5. The normalized spacial score (nSPS) is 21.8. The molecule has 3 rings (SSSR count). The van der Waals surface area contributed by atoms with Crippen LogP contribution in [0.1, 0.15) is 49.7 Å². The third-order valence-corrected chi connectivity index (χ3v) is 6.21. The number of hydrogen-bond donors (Lipinski definition) is 1. The van der Waals surface area contributed by atoms with Crippen LogP contribution in [0.4, 0.5) is 13.2 Å². The van der Waals surface area contributed by atoms with Gasteiger partial charge in [-0.05, 0) is 39.0 Å². The van der Waals surface area contributed by atoms with Crippen LogP contribution in [-0.2, 0) is 22.1 Å². The summed E-state index contributed by atoms with van der Waals surface area (Å²) in [5, 5.41) is 4.80. The minimum absolute atomic E-state index is 0.236. The lowest BCUT2D eigenvalue weighted by Crippen LogP contribution is -2.47. The molecule has 3 heterocycles. The van der Waals surface area contributed by atoms with E-state index in [4.69, 9.17) is 9.47 Å². The molecule has 2 aliphatic rings. The fourth-order valence-electron chi connectivity index (χ4n) is 3.66. The van der Waals surface area contributed by atoms with Crippen molar-refractivity contribution in [3.63, 3.8) is 0 Å². The van der Waals surface area contributed by atoms with Crippen molar-refractivity contribution in [2.75, 3.05) is 39.4 Å². The summed E-state index contributed by atoms with van der Waals surface area (Å²) in [5.74, 6) is 0.805. The maximum absolute atomic E-state index is 12.7. The van der Waals surface area contributed by atoms with Crippen LogP contribution in [0.5, 0.6) is 0 Å². The second-order valence-electron chi connectivity index (χ2n) is 7.62. The van der Waals surface area contributed by atoms with Crippen LogP contribution in [0.2, 0.25) is 0 Å². The van der Waals surface area contributed by atoms with Gasteiger partial charge in [-0.15, -0.1) is 11.3 Å². The molecule has 6 nitrogen and oxygen atoms in total. The number of rotatable bonds is 7. The molecule has 10 heteroatoms. The lowest BCUT2D eigenvalue weighted by molar-refractivity contribution is -0.140. The average molecular weight is 449 g/mol. The van der Waals surface area contributed by atoms with Gasteiger partial charge < -0.3 is 19.7 Å². The zero-order valence-corrected chi connectivity index (χ0v) is 18.2. The molecule has 170 valence electrons. The highest BCUT2D eigenvalue weighted by Gasteiger charge is 2.33. The van der Waals surface area contributed by atoms with Gasteiger partial charge in [0.2, 0.25) is 0 Å². The Balaban J connectivity index is 1.43. The first kappa shape index (κ1) is 23.3. The highest BCUT2D eigenvalue weighted by molar-refractivity contribution is 7.09. The summed E-state index contributed by atoms with van der Waals surface area (Å²) in [6.45, 7) is 6.35. The first-order valence-electron chi connectivity index (χ1n) is 10.7. The Hall–Kier alpha value is -1.39. The van der Waals surface area contributed by atoms with Gasteiger partial charge in [-0.25, -0.2) is 4.98 Å². The van der Waals surface area contributed by atoms with E-state index in [0.29, 0.717) is 24.6 Å². The molecule has 0 amide bonds. The summed E-state index contributed by atoms with van der Waals surface area (Å²) < 4.78 is 49.8. The quantitative estimate of drug-likeness (QED) is 0.509. The fraction of sp³-hybridized carbons (Fsp3) is 0.800. The van der Waals surface area contributed by atoms with E-state index < -0.39 is 11.9 Å². The van der Waals surface area contributed by atoms with Gasteiger partial charge in [-0.1, -0.05) is 0 Å². The van der Waals surface area contributed by atoms with Crippen molar-refractivity contribution in [1.29, 1.82) is 0 Å². The molecule has 0 saturated carbocycles. The molecule has 0 radical (unpaired) electrons. The third-order valence-electron chi connectivity index (χ3n) is 5.30. The number of guanidine groups is 1.